The van der Waals surface area contributed by atoms with Crippen LogP contribution in [0, 0.1) is 6.92 Å². The molecule has 0 saturated carbocycles. The molecule has 0 fully saturated rings. The van der Waals surface area contributed by atoms with Gasteiger partial charge in [-0.2, -0.15) is 0 Å². The minimum absolute atomic E-state index is 0.642. The van der Waals surface area contributed by atoms with E-state index in [1.165, 1.54) is 5.39 Å². The van der Waals surface area contributed by atoms with Gasteiger partial charge in [0, 0.05) is 10.9 Å². The molecule has 0 atom stereocenters. The molecule has 0 bridgehead atoms. The van der Waals surface area contributed by atoms with Crippen LogP contribution in [0.15, 0.2) is 40.9 Å². The van der Waals surface area contributed by atoms with E-state index < -0.39 is 0 Å². The fourth-order valence-electron chi connectivity index (χ4n) is 1.67. The van der Waals surface area contributed by atoms with Crippen LogP contribution in [0.25, 0.3) is 22.5 Å². The summed E-state index contributed by atoms with van der Waals surface area (Å²) in [6.45, 7) is 1.89. The first kappa shape index (κ1) is 8.29. The molecule has 2 aromatic heterocycles. The quantitative estimate of drug-likeness (QED) is 0.652. The van der Waals surface area contributed by atoms with Gasteiger partial charge in [-0.25, -0.2) is 4.98 Å². The average molecular weight is 198 g/mol. The summed E-state index contributed by atoms with van der Waals surface area (Å²) >= 11 is 0. The summed E-state index contributed by atoms with van der Waals surface area (Å²) < 4.78 is 5.46. The van der Waals surface area contributed by atoms with Crippen molar-refractivity contribution < 1.29 is 4.42 Å². The average Bonchev–Trinajstić information content (AvgIpc) is 2.82. The highest BCUT2D eigenvalue weighted by atomic mass is 16.4. The number of aromatic amines is 1. The van der Waals surface area contributed by atoms with E-state index in [1.54, 1.807) is 6.20 Å². The van der Waals surface area contributed by atoms with Gasteiger partial charge in [0.15, 0.2) is 0 Å². The third-order valence-corrected chi connectivity index (χ3v) is 2.38. The first-order chi connectivity index (χ1) is 7.33. The van der Waals surface area contributed by atoms with E-state index in [9.17, 15) is 0 Å². The molecule has 0 radical (unpaired) electrons. The van der Waals surface area contributed by atoms with Gasteiger partial charge >= 0.3 is 0 Å². The Morgan fingerprint density at radius 3 is 2.87 bits per heavy atom. The second-order valence-corrected chi connectivity index (χ2v) is 3.55. The van der Waals surface area contributed by atoms with Crippen molar-refractivity contribution in [3.8, 4) is 11.6 Å². The van der Waals surface area contributed by atoms with Crippen molar-refractivity contribution in [1.82, 2.24) is 9.97 Å². The van der Waals surface area contributed by atoms with Gasteiger partial charge in [0.25, 0.3) is 0 Å². The largest absolute Gasteiger partial charge is 0.440 e. The maximum Gasteiger partial charge on any atom is 0.243 e. The minimum Gasteiger partial charge on any atom is -0.440 e. The Bertz CT molecular complexity index is 574. The lowest BCUT2D eigenvalue weighted by Gasteiger charge is -1.87. The Morgan fingerprint density at radius 1 is 1.27 bits per heavy atom. The fraction of sp³-hybridized carbons (Fsp3) is 0.0833. The van der Waals surface area contributed by atoms with E-state index >= 15 is 0 Å². The molecular weight excluding hydrogens is 188 g/mol. The summed E-state index contributed by atoms with van der Waals surface area (Å²) in [5.41, 5.74) is 2.02. The monoisotopic (exact) mass is 198 g/mol. The zero-order valence-corrected chi connectivity index (χ0v) is 8.32. The molecule has 0 saturated heterocycles. The molecule has 3 rings (SSSR count). The fourth-order valence-corrected chi connectivity index (χ4v) is 1.67. The number of aromatic nitrogens is 2. The molecular formula is C12H10N2O. The molecule has 1 aromatic carbocycles. The number of hydrogen-bond acceptors (Lipinski definition) is 2. The third-order valence-electron chi connectivity index (χ3n) is 2.38. The maximum atomic E-state index is 5.46. The van der Waals surface area contributed by atoms with Gasteiger partial charge in [0.1, 0.15) is 11.5 Å². The van der Waals surface area contributed by atoms with E-state index in [4.69, 9.17) is 4.42 Å². The lowest BCUT2D eigenvalue weighted by molar-refractivity contribution is 0.541. The predicted molar refractivity (Wildman–Crippen MR) is 58.5 cm³/mol. The molecule has 1 N–H and O–H groups in total. The predicted octanol–water partition coefficient (Wildman–Crippen LogP) is 3.13. The van der Waals surface area contributed by atoms with E-state index in [0.717, 1.165) is 17.0 Å². The van der Waals surface area contributed by atoms with Crippen molar-refractivity contribution >= 4 is 10.9 Å². The van der Waals surface area contributed by atoms with Crippen LogP contribution in [0.4, 0.5) is 0 Å². The number of nitrogens with one attached hydrogen (secondary N) is 1. The summed E-state index contributed by atoms with van der Waals surface area (Å²) in [4.78, 5) is 7.45. The molecule has 74 valence electrons. The number of H-pyrrole nitrogens is 1. The van der Waals surface area contributed by atoms with E-state index in [2.05, 4.69) is 16.0 Å². The summed E-state index contributed by atoms with van der Waals surface area (Å²) in [6, 6.07) is 10.2. The van der Waals surface area contributed by atoms with Crippen LogP contribution in [-0.4, -0.2) is 9.97 Å². The van der Waals surface area contributed by atoms with Gasteiger partial charge in [-0.3, -0.25) is 0 Å². The Balaban J connectivity index is 2.19. The first-order valence-corrected chi connectivity index (χ1v) is 4.83. The molecule has 0 aliphatic rings. The zero-order chi connectivity index (χ0) is 10.3. The maximum absolute atomic E-state index is 5.46. The normalized spacial score (nSPS) is 11.0. The van der Waals surface area contributed by atoms with Gasteiger partial charge in [-0.1, -0.05) is 18.2 Å². The highest BCUT2D eigenvalue weighted by Gasteiger charge is 2.07. The molecule has 3 aromatic rings. The SMILES string of the molecule is Cc1cnc(-c2cc3ccccc3[nH]2)o1. The standard InChI is InChI=1S/C12H10N2O/c1-8-7-13-12(15-8)11-6-9-4-2-3-5-10(9)14-11/h2-7,14H,1H3. The van der Waals surface area contributed by atoms with Gasteiger partial charge in [-0.15, -0.1) is 0 Å². The molecule has 15 heavy (non-hydrogen) atoms. The molecule has 3 nitrogen and oxygen atoms in total. The lowest BCUT2D eigenvalue weighted by atomic mass is 10.2. The third kappa shape index (κ3) is 1.32. The van der Waals surface area contributed by atoms with Gasteiger partial charge in [0.2, 0.25) is 5.89 Å². The van der Waals surface area contributed by atoms with Crippen LogP contribution in [0.1, 0.15) is 5.76 Å². The first-order valence-electron chi connectivity index (χ1n) is 4.83. The van der Waals surface area contributed by atoms with Crippen molar-refractivity contribution in [3.05, 3.63) is 42.3 Å². The molecule has 0 aliphatic heterocycles. The molecule has 0 amide bonds. The molecule has 0 unspecified atom stereocenters. The van der Waals surface area contributed by atoms with Crippen molar-refractivity contribution in [2.75, 3.05) is 0 Å². The van der Waals surface area contributed by atoms with Crippen LogP contribution >= 0.6 is 0 Å². The summed E-state index contributed by atoms with van der Waals surface area (Å²) in [7, 11) is 0. The number of aryl methyl sites for hydroxylation is 1. The number of fused-ring (bicyclic) bond motifs is 1. The smallest absolute Gasteiger partial charge is 0.243 e. The van der Waals surface area contributed by atoms with Crippen LogP contribution in [0.5, 0.6) is 0 Å². The number of para-hydroxylation sites is 1. The Hall–Kier alpha value is -2.03. The Morgan fingerprint density at radius 2 is 2.13 bits per heavy atom. The van der Waals surface area contributed by atoms with Gasteiger partial charge in [-0.05, 0) is 19.1 Å². The summed E-state index contributed by atoms with van der Waals surface area (Å²) in [5, 5.41) is 1.17. The second-order valence-electron chi connectivity index (χ2n) is 3.55. The summed E-state index contributed by atoms with van der Waals surface area (Å²) in [6.07, 6.45) is 1.72. The molecule has 2 heterocycles. The molecule has 0 spiro atoms. The topological polar surface area (TPSA) is 41.8 Å². The van der Waals surface area contributed by atoms with E-state index in [-0.39, 0.29) is 0 Å². The lowest BCUT2D eigenvalue weighted by Crippen LogP contribution is -1.74. The molecule has 3 heteroatoms. The Labute approximate surface area is 86.8 Å². The highest BCUT2D eigenvalue weighted by molar-refractivity contribution is 5.84. The number of oxazole rings is 1. The van der Waals surface area contributed by atoms with Crippen molar-refractivity contribution in [2.24, 2.45) is 0 Å². The molecule has 0 aliphatic carbocycles. The number of hydrogen-bond donors (Lipinski definition) is 1. The Kier molecular flexibility index (Phi) is 1.65. The van der Waals surface area contributed by atoms with Gasteiger partial charge in [0.05, 0.1) is 6.20 Å². The summed E-state index contributed by atoms with van der Waals surface area (Å²) in [5.74, 6) is 1.47. The van der Waals surface area contributed by atoms with Crippen molar-refractivity contribution in [2.45, 2.75) is 6.92 Å². The highest BCUT2D eigenvalue weighted by Crippen LogP contribution is 2.23. The minimum atomic E-state index is 0.642. The van der Waals surface area contributed by atoms with Crippen LogP contribution in [0.3, 0.4) is 0 Å². The number of rotatable bonds is 1. The second kappa shape index (κ2) is 2.98. The van der Waals surface area contributed by atoms with Crippen LogP contribution < -0.4 is 0 Å². The number of nitrogens with zero attached hydrogens (tertiary/aromatic N) is 1. The number of benzene rings is 1. The van der Waals surface area contributed by atoms with E-state index in [0.29, 0.717) is 5.89 Å². The zero-order valence-electron chi connectivity index (χ0n) is 8.32. The van der Waals surface area contributed by atoms with Crippen molar-refractivity contribution in [3.63, 3.8) is 0 Å². The van der Waals surface area contributed by atoms with Crippen LogP contribution in [0.2, 0.25) is 0 Å². The van der Waals surface area contributed by atoms with Crippen LogP contribution in [-0.2, 0) is 0 Å². The van der Waals surface area contributed by atoms with Gasteiger partial charge < -0.3 is 9.40 Å². The van der Waals surface area contributed by atoms with E-state index in [1.807, 2.05) is 31.2 Å². The van der Waals surface area contributed by atoms with Crippen molar-refractivity contribution in [1.29, 1.82) is 0 Å².